The van der Waals surface area contributed by atoms with Gasteiger partial charge in [0.2, 0.25) is 5.91 Å². The summed E-state index contributed by atoms with van der Waals surface area (Å²) in [5, 5.41) is 2.98. The normalized spacial score (nSPS) is 9.84. The molecule has 0 aliphatic rings. The number of hydrogen-bond acceptors (Lipinski definition) is 5. The topological polar surface area (TPSA) is 71.5 Å². The molecule has 1 aromatic rings. The number of hydrogen-bond donors (Lipinski definition) is 1. The number of nitrogens with one attached hydrogen (secondary N) is 1. The van der Waals surface area contributed by atoms with E-state index in [9.17, 15) is 9.59 Å². The Bertz CT molecular complexity index is 447. The number of nitrogens with zero attached hydrogens (tertiary/aromatic N) is 2. The van der Waals surface area contributed by atoms with Gasteiger partial charge in [0, 0.05) is 33.3 Å². The number of rotatable bonds is 6. The maximum Gasteiger partial charge on any atom is 0.341 e. The van der Waals surface area contributed by atoms with Gasteiger partial charge in [-0.25, -0.2) is 9.78 Å². The molecule has 6 nitrogen and oxygen atoms in total. The third-order valence-corrected chi connectivity index (χ3v) is 2.43. The lowest BCUT2D eigenvalue weighted by Gasteiger charge is -2.12. The van der Waals surface area contributed by atoms with Crippen molar-refractivity contribution >= 4 is 17.7 Å². The Labute approximate surface area is 112 Å². The Kier molecular flexibility index (Phi) is 5.78. The number of aromatic nitrogens is 1. The van der Waals surface area contributed by atoms with E-state index < -0.39 is 5.97 Å². The molecule has 0 bridgehead atoms. The predicted octanol–water partition coefficient (Wildman–Crippen LogP) is 1.15. The molecule has 0 aromatic carbocycles. The summed E-state index contributed by atoms with van der Waals surface area (Å²) in [4.78, 5) is 28.7. The lowest BCUT2D eigenvalue weighted by Crippen LogP contribution is -2.24. The van der Waals surface area contributed by atoms with E-state index in [2.05, 4.69) is 10.3 Å². The van der Waals surface area contributed by atoms with Crippen LogP contribution >= 0.6 is 0 Å². The molecule has 6 heteroatoms. The van der Waals surface area contributed by atoms with Gasteiger partial charge in [0.05, 0.1) is 6.61 Å². The molecule has 1 N–H and O–H groups in total. The monoisotopic (exact) mass is 265 g/mol. The fraction of sp³-hybridized carbons (Fsp3) is 0.462. The Morgan fingerprint density at radius 3 is 2.79 bits per heavy atom. The second kappa shape index (κ2) is 7.35. The molecule has 0 atom stereocenters. The van der Waals surface area contributed by atoms with Gasteiger partial charge in [0.25, 0.3) is 0 Å². The van der Waals surface area contributed by atoms with Gasteiger partial charge in [-0.1, -0.05) is 0 Å². The highest BCUT2D eigenvalue weighted by molar-refractivity contribution is 5.94. The zero-order valence-electron chi connectivity index (χ0n) is 11.5. The summed E-state index contributed by atoms with van der Waals surface area (Å²) < 4.78 is 4.94. The van der Waals surface area contributed by atoms with E-state index in [1.807, 2.05) is 0 Å². The Morgan fingerprint density at radius 1 is 1.42 bits per heavy atom. The fourth-order valence-electron chi connectivity index (χ4n) is 1.43. The summed E-state index contributed by atoms with van der Waals surface area (Å²) in [6.07, 6.45) is 1.92. The Morgan fingerprint density at radius 2 is 2.16 bits per heavy atom. The van der Waals surface area contributed by atoms with Crippen LogP contribution in [0.15, 0.2) is 18.3 Å². The van der Waals surface area contributed by atoms with Crippen molar-refractivity contribution in [2.45, 2.75) is 13.3 Å². The maximum absolute atomic E-state index is 11.7. The molecule has 1 aromatic heterocycles. The summed E-state index contributed by atoms with van der Waals surface area (Å²) in [6.45, 7) is 2.48. The van der Waals surface area contributed by atoms with Crippen molar-refractivity contribution in [2.75, 3.05) is 32.6 Å². The molecule has 0 radical (unpaired) electrons. The number of carbonyl (C=O) groups excluding carboxylic acids is 2. The van der Waals surface area contributed by atoms with Crippen LogP contribution in [0.4, 0.5) is 5.82 Å². The molecule has 104 valence electrons. The minimum atomic E-state index is -0.419. The second-order valence-electron chi connectivity index (χ2n) is 4.08. The molecular weight excluding hydrogens is 246 g/mol. The third kappa shape index (κ3) is 4.57. The fourth-order valence-corrected chi connectivity index (χ4v) is 1.43. The number of pyridine rings is 1. The molecule has 1 heterocycles. The van der Waals surface area contributed by atoms with Gasteiger partial charge in [-0.05, 0) is 19.1 Å². The van der Waals surface area contributed by atoms with Crippen LogP contribution in [0.25, 0.3) is 0 Å². The highest BCUT2D eigenvalue weighted by atomic mass is 16.5. The molecule has 0 saturated carbocycles. The van der Waals surface area contributed by atoms with Crippen LogP contribution in [0.2, 0.25) is 0 Å². The van der Waals surface area contributed by atoms with E-state index >= 15 is 0 Å². The van der Waals surface area contributed by atoms with Crippen LogP contribution in [0.1, 0.15) is 23.7 Å². The molecular formula is C13H19N3O3. The molecule has 0 aliphatic heterocycles. The minimum absolute atomic E-state index is 0.0149. The summed E-state index contributed by atoms with van der Waals surface area (Å²) in [5.41, 5.74) is 0.377. The van der Waals surface area contributed by atoms with E-state index in [0.717, 1.165) is 0 Å². The summed E-state index contributed by atoms with van der Waals surface area (Å²) >= 11 is 0. The van der Waals surface area contributed by atoms with Gasteiger partial charge in [-0.3, -0.25) is 4.79 Å². The average Bonchev–Trinajstić information content (AvgIpc) is 2.39. The summed E-state index contributed by atoms with van der Waals surface area (Å²) in [5.74, 6) is 0.0330. The molecule has 1 rings (SSSR count). The third-order valence-electron chi connectivity index (χ3n) is 2.43. The smallest absolute Gasteiger partial charge is 0.341 e. The largest absolute Gasteiger partial charge is 0.462 e. The van der Waals surface area contributed by atoms with Gasteiger partial charge >= 0.3 is 5.97 Å². The van der Waals surface area contributed by atoms with Crippen molar-refractivity contribution < 1.29 is 14.3 Å². The van der Waals surface area contributed by atoms with Crippen molar-refractivity contribution in [3.05, 3.63) is 23.9 Å². The summed E-state index contributed by atoms with van der Waals surface area (Å²) in [7, 11) is 3.40. The number of anilines is 1. The van der Waals surface area contributed by atoms with E-state index in [0.29, 0.717) is 31.0 Å². The zero-order chi connectivity index (χ0) is 14.3. The molecule has 1 amide bonds. The van der Waals surface area contributed by atoms with Crippen LogP contribution in [0.3, 0.4) is 0 Å². The SMILES string of the molecule is CCOC(=O)c1cccnc1NCCC(=O)N(C)C. The van der Waals surface area contributed by atoms with Gasteiger partial charge in [0.15, 0.2) is 0 Å². The van der Waals surface area contributed by atoms with Gasteiger partial charge in [0.1, 0.15) is 11.4 Å². The number of ether oxygens (including phenoxy) is 1. The standard InChI is InChI=1S/C13H19N3O3/c1-4-19-13(18)10-6-5-8-14-12(10)15-9-7-11(17)16(2)3/h5-6,8H,4,7,9H2,1-3H3,(H,14,15). The van der Waals surface area contributed by atoms with Gasteiger partial charge < -0.3 is 15.0 Å². The lowest BCUT2D eigenvalue weighted by atomic mass is 10.2. The van der Waals surface area contributed by atoms with Gasteiger partial charge in [-0.15, -0.1) is 0 Å². The molecule has 0 spiro atoms. The van der Waals surface area contributed by atoms with Crippen molar-refractivity contribution in [1.82, 2.24) is 9.88 Å². The predicted molar refractivity (Wildman–Crippen MR) is 72.0 cm³/mol. The van der Waals surface area contributed by atoms with Crippen LogP contribution in [-0.4, -0.2) is 49.0 Å². The minimum Gasteiger partial charge on any atom is -0.462 e. The molecule has 0 aliphatic carbocycles. The second-order valence-corrected chi connectivity index (χ2v) is 4.08. The molecule has 0 unspecified atom stereocenters. The highest BCUT2D eigenvalue weighted by Crippen LogP contribution is 2.12. The number of carbonyl (C=O) groups is 2. The first-order chi connectivity index (χ1) is 9.06. The summed E-state index contributed by atoms with van der Waals surface area (Å²) in [6, 6.07) is 3.31. The lowest BCUT2D eigenvalue weighted by molar-refractivity contribution is -0.128. The van der Waals surface area contributed by atoms with Gasteiger partial charge in [-0.2, -0.15) is 0 Å². The zero-order valence-corrected chi connectivity index (χ0v) is 11.5. The van der Waals surface area contributed by atoms with E-state index in [1.54, 1.807) is 39.3 Å². The van der Waals surface area contributed by atoms with E-state index in [-0.39, 0.29) is 5.91 Å². The Hall–Kier alpha value is -2.11. The van der Waals surface area contributed by atoms with Crippen LogP contribution in [0.5, 0.6) is 0 Å². The van der Waals surface area contributed by atoms with E-state index in [4.69, 9.17) is 4.74 Å². The van der Waals surface area contributed by atoms with E-state index in [1.165, 1.54) is 4.90 Å². The molecule has 0 fully saturated rings. The average molecular weight is 265 g/mol. The van der Waals surface area contributed by atoms with Crippen LogP contribution in [-0.2, 0) is 9.53 Å². The maximum atomic E-state index is 11.7. The van der Waals surface area contributed by atoms with Crippen molar-refractivity contribution in [3.8, 4) is 0 Å². The first-order valence-electron chi connectivity index (χ1n) is 6.12. The van der Waals surface area contributed by atoms with Crippen molar-refractivity contribution in [3.63, 3.8) is 0 Å². The van der Waals surface area contributed by atoms with Crippen molar-refractivity contribution in [2.24, 2.45) is 0 Å². The molecule has 0 saturated heterocycles. The van der Waals surface area contributed by atoms with Crippen molar-refractivity contribution in [1.29, 1.82) is 0 Å². The first kappa shape index (κ1) is 14.9. The van der Waals surface area contributed by atoms with Crippen LogP contribution < -0.4 is 5.32 Å². The number of amides is 1. The number of esters is 1. The first-order valence-corrected chi connectivity index (χ1v) is 6.12. The highest BCUT2D eigenvalue weighted by Gasteiger charge is 2.13. The van der Waals surface area contributed by atoms with Crippen LogP contribution in [0, 0.1) is 0 Å². The molecule has 19 heavy (non-hydrogen) atoms. The Balaban J connectivity index is 2.63. The quantitative estimate of drug-likeness (QED) is 0.781.